The third-order valence-corrected chi connectivity index (χ3v) is 0.385. The molecule has 0 heterocycles. The molecule has 6 nitrogen and oxygen atoms in total. The molecule has 0 spiro atoms. The van der Waals surface area contributed by atoms with E-state index in [1.807, 2.05) is 5.48 Å². The summed E-state index contributed by atoms with van der Waals surface area (Å²) in [7, 11) is 0. The summed E-state index contributed by atoms with van der Waals surface area (Å²) in [6, 6.07) is 0. The van der Waals surface area contributed by atoms with E-state index in [0.717, 1.165) is 0 Å². The quantitative estimate of drug-likeness (QED) is 0.268. The average Bonchev–Trinajstić information content (AvgIpc) is 1.66. The minimum Gasteiger partial charge on any atom is -0.329 e. The monoisotopic (exact) mass is 227 g/mol. The van der Waals surface area contributed by atoms with Gasteiger partial charge in [-0.2, -0.15) is 5.48 Å². The van der Waals surface area contributed by atoms with E-state index in [9.17, 15) is 10.1 Å². The van der Waals surface area contributed by atoms with Gasteiger partial charge in [-0.25, -0.2) is 4.94 Å². The molecule has 0 aromatic rings. The van der Waals surface area contributed by atoms with Gasteiger partial charge < -0.3 is 5.73 Å². The van der Waals surface area contributed by atoms with Gasteiger partial charge in [0.15, 0.2) is 0 Å². The van der Waals surface area contributed by atoms with E-state index in [-0.39, 0.29) is 27.0 Å². The third-order valence-electron chi connectivity index (χ3n) is 0.385. The Morgan fingerprint density at radius 1 is 1.78 bits per heavy atom. The van der Waals surface area contributed by atoms with Crippen molar-refractivity contribution in [3.8, 4) is 0 Å². The summed E-state index contributed by atoms with van der Waals surface area (Å²) < 4.78 is 0. The maximum atomic E-state index is 9.35. The van der Waals surface area contributed by atoms with Gasteiger partial charge in [-0.15, -0.1) is 10.1 Å². The predicted molar refractivity (Wildman–Crippen MR) is 25.1 cm³/mol. The fourth-order valence-electron chi connectivity index (χ4n) is 0.157. The maximum Gasteiger partial charge on any atom is 0.311 e. The van der Waals surface area contributed by atoms with Gasteiger partial charge in [0.2, 0.25) is 0 Å². The van der Waals surface area contributed by atoms with Crippen molar-refractivity contribution < 1.29 is 30.4 Å². The van der Waals surface area contributed by atoms with Crippen LogP contribution in [0.4, 0.5) is 0 Å². The zero-order chi connectivity index (χ0) is 6.41. The standard InChI is InChI=1S/C2H7N3O3.Pd/c3-1-2-4-8-5(6)7;/h4H,1-3H2;. The Labute approximate surface area is 65.4 Å². The number of hydroxylamine groups is 1. The molecule has 0 aliphatic heterocycles. The van der Waals surface area contributed by atoms with E-state index < -0.39 is 5.09 Å². The first kappa shape index (κ1) is 11.6. The first-order valence-corrected chi connectivity index (χ1v) is 2.01. The number of nitrogens with one attached hydrogen (secondary N) is 1. The number of hydrogen-bond acceptors (Lipinski definition) is 5. The Morgan fingerprint density at radius 3 is 2.67 bits per heavy atom. The molecule has 0 saturated heterocycles. The summed E-state index contributed by atoms with van der Waals surface area (Å²) in [6.07, 6.45) is 0. The molecule has 0 fully saturated rings. The molecule has 0 saturated carbocycles. The van der Waals surface area contributed by atoms with Crippen molar-refractivity contribution in [2.75, 3.05) is 13.1 Å². The van der Waals surface area contributed by atoms with Crippen molar-refractivity contribution in [3.05, 3.63) is 10.1 Å². The van der Waals surface area contributed by atoms with Crippen LogP contribution in [0.1, 0.15) is 0 Å². The van der Waals surface area contributed by atoms with Crippen LogP contribution in [0.25, 0.3) is 0 Å². The fraction of sp³-hybridized carbons (Fsp3) is 1.00. The van der Waals surface area contributed by atoms with Crippen LogP contribution in [-0.4, -0.2) is 18.2 Å². The molecule has 0 aromatic heterocycles. The predicted octanol–water partition coefficient (Wildman–Crippen LogP) is -1.34. The molecule has 7 heteroatoms. The van der Waals surface area contributed by atoms with Crippen LogP contribution in [-0.2, 0) is 25.4 Å². The van der Waals surface area contributed by atoms with Gasteiger partial charge in [0.1, 0.15) is 0 Å². The van der Waals surface area contributed by atoms with Crippen LogP contribution >= 0.6 is 0 Å². The topological polar surface area (TPSA) is 90.4 Å². The van der Waals surface area contributed by atoms with Gasteiger partial charge in [0, 0.05) is 33.5 Å². The molecule has 0 aliphatic carbocycles. The summed E-state index contributed by atoms with van der Waals surface area (Å²) in [6.45, 7) is 0.592. The van der Waals surface area contributed by atoms with Crippen molar-refractivity contribution >= 4 is 0 Å². The number of nitrogens with two attached hydrogens (primary N) is 1. The fourth-order valence-corrected chi connectivity index (χ4v) is 0.157. The van der Waals surface area contributed by atoms with Crippen molar-refractivity contribution in [1.29, 1.82) is 0 Å². The normalized spacial score (nSPS) is 7.67. The minimum atomic E-state index is -0.935. The summed E-state index contributed by atoms with van der Waals surface area (Å²) in [5, 5.41) is 8.42. The van der Waals surface area contributed by atoms with Gasteiger partial charge >= 0.3 is 5.09 Å². The Morgan fingerprint density at radius 2 is 2.33 bits per heavy atom. The SMILES string of the molecule is NCCNO[N+](=O)[O-].[Pd]. The number of rotatable bonds is 4. The second-order valence-corrected chi connectivity index (χ2v) is 0.998. The zero-order valence-electron chi connectivity index (χ0n) is 4.48. The second-order valence-electron chi connectivity index (χ2n) is 0.998. The van der Waals surface area contributed by atoms with Crippen LogP contribution in [0, 0.1) is 10.1 Å². The summed E-state index contributed by atoms with van der Waals surface area (Å²) >= 11 is 0. The van der Waals surface area contributed by atoms with Gasteiger partial charge in [-0.3, -0.25) is 0 Å². The van der Waals surface area contributed by atoms with Crippen LogP contribution in [0.15, 0.2) is 0 Å². The van der Waals surface area contributed by atoms with Gasteiger partial charge in [-0.05, 0) is 0 Å². The van der Waals surface area contributed by atoms with Gasteiger partial charge in [-0.1, -0.05) is 0 Å². The minimum absolute atomic E-state index is 0. The summed E-state index contributed by atoms with van der Waals surface area (Å²) in [4.78, 5) is 13.0. The van der Waals surface area contributed by atoms with Crippen LogP contribution < -0.4 is 11.2 Å². The van der Waals surface area contributed by atoms with Crippen LogP contribution in [0.5, 0.6) is 0 Å². The van der Waals surface area contributed by atoms with E-state index in [1.165, 1.54) is 0 Å². The van der Waals surface area contributed by atoms with E-state index in [0.29, 0.717) is 6.54 Å². The molecule has 0 rings (SSSR count). The molecule has 0 unspecified atom stereocenters. The first-order valence-electron chi connectivity index (χ1n) is 2.01. The Hall–Kier alpha value is -0.218. The molecule has 0 aliphatic rings. The molecule has 0 radical (unpaired) electrons. The number of hydrogen-bond donors (Lipinski definition) is 2. The van der Waals surface area contributed by atoms with E-state index in [1.54, 1.807) is 0 Å². The second kappa shape index (κ2) is 7.78. The maximum absolute atomic E-state index is 9.35. The average molecular weight is 228 g/mol. The van der Waals surface area contributed by atoms with E-state index >= 15 is 0 Å². The van der Waals surface area contributed by atoms with Crippen molar-refractivity contribution in [2.45, 2.75) is 0 Å². The third kappa shape index (κ3) is 11.4. The Balaban J connectivity index is 0. The summed E-state index contributed by atoms with van der Waals surface area (Å²) in [5.74, 6) is 0. The largest absolute Gasteiger partial charge is 0.329 e. The first-order chi connectivity index (χ1) is 3.77. The van der Waals surface area contributed by atoms with Crippen molar-refractivity contribution in [2.24, 2.45) is 5.73 Å². The smallest absolute Gasteiger partial charge is 0.311 e. The molecule has 58 valence electrons. The van der Waals surface area contributed by atoms with Crippen LogP contribution in [0.2, 0.25) is 0 Å². The van der Waals surface area contributed by atoms with Crippen molar-refractivity contribution in [3.63, 3.8) is 0 Å². The molecule has 3 N–H and O–H groups in total. The van der Waals surface area contributed by atoms with E-state index in [2.05, 4.69) is 4.94 Å². The van der Waals surface area contributed by atoms with E-state index in [4.69, 9.17) is 5.73 Å². The van der Waals surface area contributed by atoms with Crippen LogP contribution in [0.3, 0.4) is 0 Å². The zero-order valence-corrected chi connectivity index (χ0v) is 6.03. The Bertz CT molecular complexity index is 79.5. The van der Waals surface area contributed by atoms with Gasteiger partial charge in [0.25, 0.3) is 0 Å². The molecule has 0 atom stereocenters. The summed E-state index contributed by atoms with van der Waals surface area (Å²) in [5.41, 5.74) is 6.96. The van der Waals surface area contributed by atoms with Crippen molar-refractivity contribution in [1.82, 2.24) is 5.48 Å². The molecular weight excluding hydrogens is 220 g/mol. The molecule has 9 heavy (non-hydrogen) atoms. The molecule has 0 bridgehead atoms. The number of nitrogens with zero attached hydrogens (tertiary/aromatic N) is 1. The molecular formula is C2H7N3O3Pd. The van der Waals surface area contributed by atoms with Gasteiger partial charge in [0.05, 0.1) is 0 Å². The molecule has 0 aromatic carbocycles. The Kier molecular flexibility index (Phi) is 10.00. The molecule has 0 amide bonds.